The molecular weight excluding hydrogens is 482 g/mol. The van der Waals surface area contributed by atoms with Crippen molar-refractivity contribution in [3.8, 4) is 0 Å². The Morgan fingerprint density at radius 1 is 1.05 bits per heavy atom. The molecule has 1 aromatic rings. The van der Waals surface area contributed by atoms with Gasteiger partial charge >= 0.3 is 0 Å². The van der Waals surface area contributed by atoms with Crippen LogP contribution in [0.4, 0.5) is 0 Å². The number of imidazole rings is 1. The number of nitrogens with zero attached hydrogens (tertiary/aromatic N) is 1. The number of ether oxygens (including phenoxy) is 1. The summed E-state index contributed by atoms with van der Waals surface area (Å²) in [5, 5.41) is 7.81. The highest BCUT2D eigenvalue weighted by Crippen LogP contribution is 2.71. The van der Waals surface area contributed by atoms with Gasteiger partial charge in [-0.3, -0.25) is 5.32 Å². The topological polar surface area (TPSA) is 88.0 Å². The maximum Gasteiger partial charge on any atom is 0.122 e. The van der Waals surface area contributed by atoms with Crippen molar-refractivity contribution in [2.24, 2.45) is 58.0 Å². The van der Waals surface area contributed by atoms with Crippen LogP contribution in [0.2, 0.25) is 0 Å². The first kappa shape index (κ1) is 26.9. The summed E-state index contributed by atoms with van der Waals surface area (Å²) in [5.41, 5.74) is 8.55. The fourth-order valence-electron chi connectivity index (χ4n) is 11.7. The van der Waals surface area contributed by atoms with E-state index in [0.717, 1.165) is 60.7 Å². The molecule has 3 heterocycles. The van der Waals surface area contributed by atoms with Gasteiger partial charge in [0.15, 0.2) is 0 Å². The zero-order valence-electron chi connectivity index (χ0n) is 25.1. The number of hydrogen-bond acceptors (Lipinski definition) is 5. The molecule has 4 saturated carbocycles. The van der Waals surface area contributed by atoms with Gasteiger partial charge in [0.05, 0.1) is 12.4 Å². The molecule has 1 aromatic heterocycles. The van der Waals surface area contributed by atoms with Gasteiger partial charge in [0.1, 0.15) is 5.72 Å². The summed E-state index contributed by atoms with van der Waals surface area (Å²) < 4.78 is 7.10. The van der Waals surface area contributed by atoms with Crippen molar-refractivity contribution in [2.75, 3.05) is 13.1 Å². The highest BCUT2D eigenvalue weighted by Gasteiger charge is 2.68. The minimum absolute atomic E-state index is 0.0391. The number of nitrogens with two attached hydrogens (primary N) is 1. The number of aromatic nitrogens is 2. The van der Waals surface area contributed by atoms with E-state index >= 15 is 0 Å². The first-order valence-electron chi connectivity index (χ1n) is 16.6. The second-order valence-corrected chi connectivity index (χ2v) is 15.7. The normalized spacial score (nSPS) is 51.7. The zero-order valence-corrected chi connectivity index (χ0v) is 25.1. The summed E-state index contributed by atoms with van der Waals surface area (Å²) in [7, 11) is 0. The molecule has 1 unspecified atom stereocenters. The quantitative estimate of drug-likeness (QED) is 0.412. The molecule has 13 atom stereocenters. The van der Waals surface area contributed by atoms with Crippen molar-refractivity contribution in [1.82, 2.24) is 20.6 Å². The van der Waals surface area contributed by atoms with Crippen LogP contribution in [-0.2, 0) is 11.2 Å². The summed E-state index contributed by atoms with van der Waals surface area (Å²) in [6, 6.07) is 0.770. The minimum Gasteiger partial charge on any atom is -0.357 e. The molecule has 2 saturated heterocycles. The summed E-state index contributed by atoms with van der Waals surface area (Å²) in [6.07, 6.45) is 18.6. The van der Waals surface area contributed by atoms with Crippen LogP contribution in [0, 0.1) is 52.3 Å². The third-order valence-electron chi connectivity index (χ3n) is 13.9. The van der Waals surface area contributed by atoms with E-state index in [1.165, 1.54) is 64.2 Å². The fraction of sp³-hybridized carbons (Fsp3) is 0.909. The predicted octanol–water partition coefficient (Wildman–Crippen LogP) is 5.26. The van der Waals surface area contributed by atoms with Gasteiger partial charge in [0.25, 0.3) is 0 Å². The van der Waals surface area contributed by atoms with Crippen molar-refractivity contribution in [1.29, 1.82) is 0 Å². The lowest BCUT2D eigenvalue weighted by Crippen LogP contribution is -2.58. The third-order valence-corrected chi connectivity index (χ3v) is 13.9. The Bertz CT molecular complexity index is 1010. The minimum atomic E-state index is -0.0391. The summed E-state index contributed by atoms with van der Waals surface area (Å²) in [4.78, 5) is 7.33. The average Bonchev–Trinajstić information content (AvgIpc) is 3.60. The van der Waals surface area contributed by atoms with Crippen molar-refractivity contribution in [3.05, 3.63) is 18.2 Å². The number of hydrogen-bond donors (Lipinski definition) is 4. The van der Waals surface area contributed by atoms with Crippen molar-refractivity contribution in [2.45, 2.75) is 122 Å². The molecular formula is C33H55N5O. The second kappa shape index (κ2) is 9.81. The molecule has 0 radical (unpaired) electrons. The highest BCUT2D eigenvalue weighted by molar-refractivity contribution is 5.16. The predicted molar refractivity (Wildman–Crippen MR) is 156 cm³/mol. The summed E-state index contributed by atoms with van der Waals surface area (Å²) >= 11 is 0. The maximum atomic E-state index is 7.10. The smallest absolute Gasteiger partial charge is 0.122 e. The van der Waals surface area contributed by atoms with Crippen molar-refractivity contribution in [3.63, 3.8) is 0 Å². The lowest BCUT2D eigenvalue weighted by Gasteiger charge is -2.61. The average molecular weight is 538 g/mol. The Morgan fingerprint density at radius 3 is 2.67 bits per heavy atom. The van der Waals surface area contributed by atoms with Gasteiger partial charge < -0.3 is 20.8 Å². The molecule has 6 aliphatic rings. The molecule has 0 bridgehead atoms. The number of fused-ring (bicyclic) bond motifs is 7. The molecule has 218 valence electrons. The maximum absolute atomic E-state index is 7.10. The number of piperidine rings is 1. The number of aromatic amines is 1. The molecule has 6 heteroatoms. The van der Waals surface area contributed by atoms with Gasteiger partial charge in [0.2, 0.25) is 0 Å². The standard InChI is InChI=1S/C33H55N5O/c1-20-7-12-33(38-16-20)21(2)30-29(39-33)15-28-26-6-5-22-13-24(36-17-23(34)14-25-18-35-19-37-25)8-10-31(22,3)27(26)9-11-32(28,30)4/h18-24,26-30,36,38H,5-17,34H2,1-4H3,(H,35,37)/t20-,21-,22-,23-,24?,26+,27-,28-,29-,30-,31-,32-,33-/m0/s1. The lowest BCUT2D eigenvalue weighted by atomic mass is 9.44. The molecule has 4 aliphatic carbocycles. The van der Waals surface area contributed by atoms with Crippen LogP contribution in [0.3, 0.4) is 0 Å². The Labute approximate surface area is 236 Å². The van der Waals surface area contributed by atoms with Gasteiger partial charge in [-0.25, -0.2) is 4.98 Å². The lowest BCUT2D eigenvalue weighted by molar-refractivity contribution is -0.134. The first-order chi connectivity index (χ1) is 18.7. The van der Waals surface area contributed by atoms with Crippen LogP contribution < -0.4 is 16.4 Å². The van der Waals surface area contributed by atoms with E-state index in [-0.39, 0.29) is 11.8 Å². The number of rotatable bonds is 5. The van der Waals surface area contributed by atoms with E-state index in [1.54, 1.807) is 6.33 Å². The highest BCUT2D eigenvalue weighted by atomic mass is 16.5. The number of H-pyrrole nitrogens is 1. The van der Waals surface area contributed by atoms with Gasteiger partial charge in [-0.15, -0.1) is 0 Å². The molecule has 39 heavy (non-hydrogen) atoms. The first-order valence-corrected chi connectivity index (χ1v) is 16.6. The summed E-state index contributed by atoms with van der Waals surface area (Å²) in [6.45, 7) is 12.4. The van der Waals surface area contributed by atoms with Crippen LogP contribution in [0.15, 0.2) is 12.5 Å². The zero-order chi connectivity index (χ0) is 27.0. The molecule has 6 fully saturated rings. The SMILES string of the molecule is C[C@H]1CC[C@]2(NC1)O[C@H]1C[C@H]3[C@@H]4CC[C@H]5CC(NC[C@@H](N)Cc6cnc[nH]6)CC[C@]5(C)[C@H]4CC[C@]3(C)[C@H]1[C@@H]2C. The Hall–Kier alpha value is -0.950. The van der Waals surface area contributed by atoms with Crippen molar-refractivity contribution >= 4 is 0 Å². The van der Waals surface area contributed by atoms with E-state index in [9.17, 15) is 0 Å². The van der Waals surface area contributed by atoms with E-state index in [4.69, 9.17) is 10.5 Å². The Morgan fingerprint density at radius 2 is 1.90 bits per heavy atom. The van der Waals surface area contributed by atoms with Crippen LogP contribution >= 0.6 is 0 Å². The van der Waals surface area contributed by atoms with Gasteiger partial charge in [-0.2, -0.15) is 0 Å². The molecule has 7 rings (SSSR count). The van der Waals surface area contributed by atoms with Crippen LogP contribution in [0.5, 0.6) is 0 Å². The van der Waals surface area contributed by atoms with Gasteiger partial charge in [0, 0.05) is 49.4 Å². The van der Waals surface area contributed by atoms with Gasteiger partial charge in [-0.05, 0) is 111 Å². The molecule has 0 amide bonds. The fourth-order valence-corrected chi connectivity index (χ4v) is 11.7. The van der Waals surface area contributed by atoms with Crippen LogP contribution in [0.25, 0.3) is 0 Å². The largest absolute Gasteiger partial charge is 0.357 e. The second-order valence-electron chi connectivity index (χ2n) is 15.7. The third kappa shape index (κ3) is 4.29. The molecule has 0 aromatic carbocycles. The van der Waals surface area contributed by atoms with E-state index < -0.39 is 0 Å². The van der Waals surface area contributed by atoms with E-state index in [1.807, 2.05) is 6.20 Å². The molecule has 5 N–H and O–H groups in total. The monoisotopic (exact) mass is 537 g/mol. The molecule has 2 aliphatic heterocycles. The Kier molecular flexibility index (Phi) is 6.77. The van der Waals surface area contributed by atoms with E-state index in [0.29, 0.717) is 28.9 Å². The van der Waals surface area contributed by atoms with Crippen molar-refractivity contribution < 1.29 is 4.74 Å². The summed E-state index contributed by atoms with van der Waals surface area (Å²) in [5.74, 6) is 5.71. The Balaban J connectivity index is 0.997. The van der Waals surface area contributed by atoms with Crippen LogP contribution in [-0.4, -0.2) is 47.0 Å². The molecule has 1 spiro atoms. The number of nitrogens with one attached hydrogen (secondary N) is 3. The van der Waals surface area contributed by atoms with Gasteiger partial charge in [-0.1, -0.05) is 27.7 Å². The van der Waals surface area contributed by atoms with E-state index in [2.05, 4.69) is 48.3 Å². The van der Waals surface area contributed by atoms with Crippen LogP contribution in [0.1, 0.15) is 97.6 Å². The molecule has 6 nitrogen and oxygen atoms in total.